The van der Waals surface area contributed by atoms with Crippen LogP contribution in [0.25, 0.3) is 0 Å². The summed E-state index contributed by atoms with van der Waals surface area (Å²) in [6.07, 6.45) is 5.68. The summed E-state index contributed by atoms with van der Waals surface area (Å²) in [5.74, 6) is 1.13. The molecule has 1 saturated heterocycles. The minimum atomic E-state index is 0.105. The van der Waals surface area contributed by atoms with Crippen LogP contribution in [0.1, 0.15) is 29.7 Å². The number of rotatable bonds is 6. The van der Waals surface area contributed by atoms with Crippen LogP contribution in [0, 0.1) is 0 Å². The number of hydrogen-bond donors (Lipinski definition) is 1. The number of thiophene rings is 1. The summed E-state index contributed by atoms with van der Waals surface area (Å²) < 4.78 is 0. The second-order valence-corrected chi connectivity index (χ2v) is 6.60. The average molecular weight is 315 g/mol. The van der Waals surface area contributed by atoms with E-state index in [1.54, 1.807) is 11.3 Å². The Morgan fingerprint density at radius 3 is 2.95 bits per heavy atom. The first kappa shape index (κ1) is 15.0. The number of anilines is 1. The quantitative estimate of drug-likeness (QED) is 0.891. The Morgan fingerprint density at radius 2 is 2.18 bits per heavy atom. The van der Waals surface area contributed by atoms with Gasteiger partial charge < -0.3 is 10.2 Å². The standard InChI is InChI=1S/C17H21N3OS/c21-17(6-5-15-4-3-11-22-15)19-13-14-7-8-18-16(12-14)20-9-1-2-10-20/h3-4,7-8,11-12H,1-2,5-6,9-10,13H2,(H,19,21). The Hall–Kier alpha value is -1.88. The van der Waals surface area contributed by atoms with Crippen molar-refractivity contribution in [3.05, 3.63) is 46.3 Å². The Morgan fingerprint density at radius 1 is 1.32 bits per heavy atom. The van der Waals surface area contributed by atoms with Crippen LogP contribution in [-0.2, 0) is 17.8 Å². The molecule has 0 unspecified atom stereocenters. The Bertz CT molecular complexity index is 606. The van der Waals surface area contributed by atoms with Crippen molar-refractivity contribution >= 4 is 23.1 Å². The first-order valence-corrected chi connectivity index (χ1v) is 8.68. The highest BCUT2D eigenvalue weighted by Gasteiger charge is 2.13. The van der Waals surface area contributed by atoms with Crippen LogP contribution >= 0.6 is 11.3 Å². The van der Waals surface area contributed by atoms with E-state index in [0.29, 0.717) is 13.0 Å². The second-order valence-electron chi connectivity index (χ2n) is 5.57. The average Bonchev–Trinajstić information content (AvgIpc) is 3.24. The predicted octanol–water partition coefficient (Wildman–Crippen LogP) is 2.99. The van der Waals surface area contributed by atoms with Crippen LogP contribution in [-0.4, -0.2) is 24.0 Å². The van der Waals surface area contributed by atoms with Gasteiger partial charge in [0, 0.05) is 37.1 Å². The van der Waals surface area contributed by atoms with Gasteiger partial charge in [-0.25, -0.2) is 4.98 Å². The molecule has 0 atom stereocenters. The number of pyridine rings is 1. The lowest BCUT2D eigenvalue weighted by molar-refractivity contribution is -0.121. The number of nitrogens with zero attached hydrogens (tertiary/aromatic N) is 2. The number of amides is 1. The molecule has 1 amide bonds. The SMILES string of the molecule is O=C(CCc1cccs1)NCc1ccnc(N2CCCC2)c1. The summed E-state index contributed by atoms with van der Waals surface area (Å²) in [7, 11) is 0. The molecular formula is C17H21N3OS. The minimum Gasteiger partial charge on any atom is -0.357 e. The molecule has 0 saturated carbocycles. The van der Waals surface area contributed by atoms with E-state index in [4.69, 9.17) is 0 Å². The number of carbonyl (C=O) groups excluding carboxylic acids is 1. The van der Waals surface area contributed by atoms with Gasteiger partial charge in [-0.15, -0.1) is 11.3 Å². The highest BCUT2D eigenvalue weighted by Crippen LogP contribution is 2.18. The number of aromatic nitrogens is 1. The second kappa shape index (κ2) is 7.40. The molecule has 2 aromatic rings. The zero-order valence-electron chi connectivity index (χ0n) is 12.6. The highest BCUT2D eigenvalue weighted by atomic mass is 32.1. The Balaban J connectivity index is 1.48. The van der Waals surface area contributed by atoms with Crippen molar-refractivity contribution in [2.24, 2.45) is 0 Å². The van der Waals surface area contributed by atoms with Gasteiger partial charge in [-0.1, -0.05) is 6.07 Å². The highest BCUT2D eigenvalue weighted by molar-refractivity contribution is 7.09. The first-order chi connectivity index (χ1) is 10.8. The molecule has 3 rings (SSSR count). The van der Waals surface area contributed by atoms with E-state index >= 15 is 0 Å². The van der Waals surface area contributed by atoms with Crippen molar-refractivity contribution in [1.29, 1.82) is 0 Å². The van der Waals surface area contributed by atoms with E-state index in [1.807, 2.05) is 23.7 Å². The number of carbonyl (C=O) groups is 1. The maximum absolute atomic E-state index is 11.9. The third kappa shape index (κ3) is 4.07. The number of hydrogen-bond acceptors (Lipinski definition) is 4. The lowest BCUT2D eigenvalue weighted by atomic mass is 10.2. The summed E-state index contributed by atoms with van der Waals surface area (Å²) in [6, 6.07) is 8.15. The summed E-state index contributed by atoms with van der Waals surface area (Å²) in [4.78, 5) is 19.9. The van der Waals surface area contributed by atoms with E-state index in [0.717, 1.165) is 30.9 Å². The molecule has 2 aromatic heterocycles. The molecule has 0 radical (unpaired) electrons. The third-order valence-electron chi connectivity index (χ3n) is 3.91. The van der Waals surface area contributed by atoms with Gasteiger partial charge in [0.25, 0.3) is 0 Å². The monoisotopic (exact) mass is 315 g/mol. The topological polar surface area (TPSA) is 45.2 Å². The largest absolute Gasteiger partial charge is 0.357 e. The number of nitrogens with one attached hydrogen (secondary N) is 1. The predicted molar refractivity (Wildman–Crippen MR) is 90.2 cm³/mol. The van der Waals surface area contributed by atoms with E-state index in [9.17, 15) is 4.79 Å². The molecule has 0 spiro atoms. The summed E-state index contributed by atoms with van der Waals surface area (Å²) >= 11 is 1.70. The normalized spacial score (nSPS) is 14.3. The molecule has 22 heavy (non-hydrogen) atoms. The van der Waals surface area contributed by atoms with Crippen molar-refractivity contribution in [3.8, 4) is 0 Å². The zero-order valence-corrected chi connectivity index (χ0v) is 13.4. The molecule has 0 aliphatic carbocycles. The van der Waals surface area contributed by atoms with E-state index in [1.165, 1.54) is 17.7 Å². The third-order valence-corrected chi connectivity index (χ3v) is 4.84. The van der Waals surface area contributed by atoms with E-state index in [2.05, 4.69) is 27.3 Å². The fourth-order valence-corrected chi connectivity index (χ4v) is 3.38. The molecule has 1 aliphatic rings. The van der Waals surface area contributed by atoms with E-state index < -0.39 is 0 Å². The lowest BCUT2D eigenvalue weighted by Gasteiger charge is -2.17. The molecule has 1 fully saturated rings. The molecule has 3 heterocycles. The lowest BCUT2D eigenvalue weighted by Crippen LogP contribution is -2.23. The van der Waals surface area contributed by atoms with Crippen LogP contribution in [0.3, 0.4) is 0 Å². The van der Waals surface area contributed by atoms with E-state index in [-0.39, 0.29) is 5.91 Å². The molecule has 5 heteroatoms. The van der Waals surface area contributed by atoms with Crippen molar-refractivity contribution in [2.45, 2.75) is 32.2 Å². The van der Waals surface area contributed by atoms with Crippen LogP contribution in [0.2, 0.25) is 0 Å². The molecular weight excluding hydrogens is 294 g/mol. The van der Waals surface area contributed by atoms with Gasteiger partial charge >= 0.3 is 0 Å². The van der Waals surface area contributed by atoms with Crippen LogP contribution in [0.15, 0.2) is 35.8 Å². The molecule has 4 nitrogen and oxygen atoms in total. The number of aryl methyl sites for hydroxylation is 1. The van der Waals surface area contributed by atoms with Crippen molar-refractivity contribution in [3.63, 3.8) is 0 Å². The molecule has 116 valence electrons. The van der Waals surface area contributed by atoms with Gasteiger partial charge in [0.15, 0.2) is 0 Å². The fourth-order valence-electron chi connectivity index (χ4n) is 2.67. The summed E-state index contributed by atoms with van der Waals surface area (Å²) in [5, 5.41) is 5.04. The van der Waals surface area contributed by atoms with Crippen LogP contribution < -0.4 is 10.2 Å². The van der Waals surface area contributed by atoms with Crippen molar-refractivity contribution in [2.75, 3.05) is 18.0 Å². The summed E-state index contributed by atoms with van der Waals surface area (Å²) in [6.45, 7) is 2.75. The van der Waals surface area contributed by atoms with Gasteiger partial charge in [-0.2, -0.15) is 0 Å². The first-order valence-electron chi connectivity index (χ1n) is 7.80. The molecule has 1 N–H and O–H groups in total. The van der Waals surface area contributed by atoms with Gasteiger partial charge in [0.05, 0.1) is 0 Å². The van der Waals surface area contributed by atoms with Gasteiger partial charge in [0.2, 0.25) is 5.91 Å². The smallest absolute Gasteiger partial charge is 0.220 e. The molecule has 0 bridgehead atoms. The Kier molecular flexibility index (Phi) is 5.06. The van der Waals surface area contributed by atoms with Gasteiger partial charge in [-0.05, 0) is 48.4 Å². The zero-order chi connectivity index (χ0) is 15.2. The molecule has 1 aliphatic heterocycles. The Labute approximate surface area is 135 Å². The molecule has 0 aromatic carbocycles. The van der Waals surface area contributed by atoms with Crippen LogP contribution in [0.5, 0.6) is 0 Å². The van der Waals surface area contributed by atoms with Crippen molar-refractivity contribution < 1.29 is 4.79 Å². The van der Waals surface area contributed by atoms with Crippen LogP contribution in [0.4, 0.5) is 5.82 Å². The van der Waals surface area contributed by atoms with Gasteiger partial charge in [0.1, 0.15) is 5.82 Å². The fraction of sp³-hybridized carbons (Fsp3) is 0.412. The summed E-state index contributed by atoms with van der Waals surface area (Å²) in [5.41, 5.74) is 1.11. The van der Waals surface area contributed by atoms with Gasteiger partial charge in [-0.3, -0.25) is 4.79 Å². The maximum Gasteiger partial charge on any atom is 0.220 e. The maximum atomic E-state index is 11.9. The minimum absolute atomic E-state index is 0.105. The van der Waals surface area contributed by atoms with Crippen molar-refractivity contribution in [1.82, 2.24) is 10.3 Å².